The summed E-state index contributed by atoms with van der Waals surface area (Å²) in [6, 6.07) is 18.5. The first-order valence-corrected chi connectivity index (χ1v) is 9.22. The van der Waals surface area contributed by atoms with Crippen LogP contribution >= 0.6 is 0 Å². The van der Waals surface area contributed by atoms with Crippen molar-refractivity contribution in [1.82, 2.24) is 0 Å². The normalized spacial score (nSPS) is 12.5. The number of hydrogen-bond acceptors (Lipinski definition) is 3. The van der Waals surface area contributed by atoms with Crippen LogP contribution < -0.4 is 0 Å². The Balaban J connectivity index is 1.81. The lowest BCUT2D eigenvalue weighted by atomic mass is 10.1. The predicted octanol–water partition coefficient (Wildman–Crippen LogP) is 6.35. The van der Waals surface area contributed by atoms with Crippen LogP contribution in [0.1, 0.15) is 47.6 Å². The van der Waals surface area contributed by atoms with E-state index in [-0.39, 0.29) is 0 Å². The van der Waals surface area contributed by atoms with Gasteiger partial charge in [-0.3, -0.25) is 4.99 Å². The molecule has 0 saturated heterocycles. The molecule has 3 heteroatoms. The highest BCUT2D eigenvalue weighted by Crippen LogP contribution is 2.26. The van der Waals surface area contributed by atoms with Gasteiger partial charge >= 0.3 is 0 Å². The van der Waals surface area contributed by atoms with E-state index in [2.05, 4.69) is 50.0 Å². The molecule has 2 aromatic carbocycles. The van der Waals surface area contributed by atoms with Crippen molar-refractivity contribution < 1.29 is 4.42 Å². The lowest BCUT2D eigenvalue weighted by Gasteiger charge is -2.07. The van der Waals surface area contributed by atoms with Gasteiger partial charge in [0.25, 0.3) is 0 Å². The monoisotopic (exact) mass is 358 g/mol. The van der Waals surface area contributed by atoms with Gasteiger partial charge in [-0.25, -0.2) is 4.99 Å². The molecule has 0 fully saturated rings. The van der Waals surface area contributed by atoms with Crippen molar-refractivity contribution in [1.29, 1.82) is 0 Å². The van der Waals surface area contributed by atoms with Gasteiger partial charge in [0.1, 0.15) is 11.5 Å². The second-order valence-electron chi connectivity index (χ2n) is 7.00. The fraction of sp³-hybridized carbons (Fsp3) is 0.250. The van der Waals surface area contributed by atoms with Crippen molar-refractivity contribution in [2.24, 2.45) is 9.98 Å². The van der Waals surface area contributed by atoms with Crippen LogP contribution in [0.5, 0.6) is 0 Å². The quantitative estimate of drug-likeness (QED) is 0.489. The summed E-state index contributed by atoms with van der Waals surface area (Å²) in [6.07, 6.45) is 0. The molecule has 3 nitrogen and oxygen atoms in total. The zero-order valence-corrected chi connectivity index (χ0v) is 16.7. The van der Waals surface area contributed by atoms with Gasteiger partial charge < -0.3 is 4.42 Å². The summed E-state index contributed by atoms with van der Waals surface area (Å²) >= 11 is 0. The van der Waals surface area contributed by atoms with Crippen molar-refractivity contribution in [3.63, 3.8) is 0 Å². The predicted molar refractivity (Wildman–Crippen MR) is 114 cm³/mol. The minimum absolute atomic E-state index is 0.650. The Morgan fingerprint density at radius 2 is 1.41 bits per heavy atom. The molecule has 0 radical (unpaired) electrons. The Kier molecular flexibility index (Phi) is 5.70. The largest absolute Gasteiger partial charge is 0.454 e. The SMILES string of the molecule is CC(=NCc1ccccc1)c1ccc(C(C)=Nc2c(C)cc(C)cc2C)o1. The van der Waals surface area contributed by atoms with Crippen LogP contribution in [0.2, 0.25) is 0 Å². The van der Waals surface area contributed by atoms with E-state index >= 15 is 0 Å². The lowest BCUT2D eigenvalue weighted by molar-refractivity contribution is 0.547. The molecule has 0 aliphatic rings. The summed E-state index contributed by atoms with van der Waals surface area (Å²) in [7, 11) is 0. The summed E-state index contributed by atoms with van der Waals surface area (Å²) in [4.78, 5) is 9.46. The van der Waals surface area contributed by atoms with E-state index in [1.54, 1.807) is 0 Å². The van der Waals surface area contributed by atoms with E-state index in [4.69, 9.17) is 9.41 Å². The van der Waals surface area contributed by atoms with Gasteiger partial charge in [0, 0.05) is 0 Å². The Hall–Kier alpha value is -2.94. The Bertz CT molecular complexity index is 971. The van der Waals surface area contributed by atoms with Gasteiger partial charge in [0.05, 0.1) is 23.7 Å². The Morgan fingerprint density at radius 1 is 0.815 bits per heavy atom. The van der Waals surface area contributed by atoms with E-state index in [0.717, 1.165) is 28.6 Å². The van der Waals surface area contributed by atoms with E-state index in [9.17, 15) is 0 Å². The Morgan fingerprint density at radius 3 is 2.04 bits per heavy atom. The van der Waals surface area contributed by atoms with Crippen molar-refractivity contribution >= 4 is 17.1 Å². The zero-order valence-electron chi connectivity index (χ0n) is 16.7. The fourth-order valence-electron chi connectivity index (χ4n) is 3.17. The van der Waals surface area contributed by atoms with Gasteiger partial charge in [-0.1, -0.05) is 48.0 Å². The summed E-state index contributed by atoms with van der Waals surface area (Å²) in [5.74, 6) is 1.56. The summed E-state index contributed by atoms with van der Waals surface area (Å²) in [6.45, 7) is 10.9. The van der Waals surface area contributed by atoms with Crippen molar-refractivity contribution in [2.75, 3.05) is 0 Å². The highest BCUT2D eigenvalue weighted by atomic mass is 16.3. The molecular weight excluding hydrogens is 332 g/mol. The molecule has 0 aliphatic heterocycles. The molecule has 0 spiro atoms. The van der Waals surface area contributed by atoms with Crippen LogP contribution in [-0.2, 0) is 6.54 Å². The van der Waals surface area contributed by atoms with Gasteiger partial charge in [-0.15, -0.1) is 0 Å². The molecule has 0 saturated carbocycles. The van der Waals surface area contributed by atoms with Gasteiger partial charge in [0.15, 0.2) is 0 Å². The van der Waals surface area contributed by atoms with Crippen LogP contribution in [0.15, 0.2) is 69.0 Å². The summed E-state index contributed by atoms with van der Waals surface area (Å²) < 4.78 is 6.01. The number of benzene rings is 2. The molecule has 0 amide bonds. The van der Waals surface area contributed by atoms with E-state index in [0.29, 0.717) is 6.54 Å². The van der Waals surface area contributed by atoms with E-state index in [1.165, 1.54) is 22.3 Å². The van der Waals surface area contributed by atoms with Crippen molar-refractivity contribution in [3.05, 3.63) is 88.4 Å². The zero-order chi connectivity index (χ0) is 19.4. The van der Waals surface area contributed by atoms with Crippen LogP contribution in [0.4, 0.5) is 5.69 Å². The second kappa shape index (κ2) is 8.17. The molecule has 1 heterocycles. The third-order valence-electron chi connectivity index (χ3n) is 4.58. The first-order valence-electron chi connectivity index (χ1n) is 9.22. The number of aryl methyl sites for hydroxylation is 3. The minimum Gasteiger partial charge on any atom is -0.454 e. The van der Waals surface area contributed by atoms with E-state index in [1.807, 2.05) is 44.2 Å². The van der Waals surface area contributed by atoms with Gasteiger partial charge in [-0.2, -0.15) is 0 Å². The molecule has 1 aromatic heterocycles. The summed E-state index contributed by atoms with van der Waals surface area (Å²) in [5, 5.41) is 0. The lowest BCUT2D eigenvalue weighted by Crippen LogP contribution is -1.96. The number of aliphatic imine (C=N–C) groups is 2. The molecule has 27 heavy (non-hydrogen) atoms. The first-order chi connectivity index (χ1) is 12.9. The Labute approximate surface area is 161 Å². The first kappa shape index (κ1) is 18.8. The molecule has 0 aliphatic carbocycles. The van der Waals surface area contributed by atoms with Crippen molar-refractivity contribution in [2.45, 2.75) is 41.2 Å². The average Bonchev–Trinajstić information content (AvgIpc) is 3.14. The number of furan rings is 1. The maximum Gasteiger partial charge on any atom is 0.148 e. The highest BCUT2D eigenvalue weighted by Gasteiger charge is 2.09. The number of hydrogen-bond donors (Lipinski definition) is 0. The number of nitrogens with zero attached hydrogens (tertiary/aromatic N) is 2. The highest BCUT2D eigenvalue weighted by molar-refractivity contribution is 6.01. The fourth-order valence-corrected chi connectivity index (χ4v) is 3.17. The van der Waals surface area contributed by atoms with Crippen LogP contribution in [0, 0.1) is 20.8 Å². The van der Waals surface area contributed by atoms with Gasteiger partial charge in [0.2, 0.25) is 0 Å². The molecule has 3 rings (SSSR count). The van der Waals surface area contributed by atoms with Crippen molar-refractivity contribution in [3.8, 4) is 0 Å². The maximum atomic E-state index is 6.01. The number of rotatable bonds is 5. The van der Waals surface area contributed by atoms with Crippen LogP contribution in [0.25, 0.3) is 0 Å². The molecule has 0 unspecified atom stereocenters. The maximum absolute atomic E-state index is 6.01. The molecule has 0 N–H and O–H groups in total. The molecule has 0 atom stereocenters. The van der Waals surface area contributed by atoms with E-state index < -0.39 is 0 Å². The average molecular weight is 358 g/mol. The standard InChI is InChI=1S/C24H26N2O/c1-16-13-17(2)24(18(3)14-16)26-20(5)23-12-11-22(27-23)19(4)25-15-21-9-7-6-8-10-21/h6-14H,15H2,1-5H3. The molecule has 138 valence electrons. The minimum atomic E-state index is 0.650. The smallest absolute Gasteiger partial charge is 0.148 e. The summed E-state index contributed by atoms with van der Waals surface area (Å²) in [5.41, 5.74) is 7.58. The van der Waals surface area contributed by atoms with Gasteiger partial charge in [-0.05, 0) is 63.4 Å². The third-order valence-corrected chi connectivity index (χ3v) is 4.58. The molecule has 3 aromatic rings. The molecule has 0 bridgehead atoms. The van der Waals surface area contributed by atoms with Crippen LogP contribution in [0.3, 0.4) is 0 Å². The topological polar surface area (TPSA) is 37.9 Å². The van der Waals surface area contributed by atoms with Crippen LogP contribution in [-0.4, -0.2) is 11.4 Å². The third kappa shape index (κ3) is 4.62. The molecular formula is C24H26N2O. The second-order valence-corrected chi connectivity index (χ2v) is 7.00.